The Labute approximate surface area is 117 Å². The van der Waals surface area contributed by atoms with Gasteiger partial charge in [0.2, 0.25) is 0 Å². The van der Waals surface area contributed by atoms with Crippen LogP contribution in [-0.4, -0.2) is 17.5 Å². The third kappa shape index (κ3) is 3.06. The number of rotatable bonds is 5. The molecule has 1 atom stereocenters. The molecule has 1 aliphatic carbocycles. The van der Waals surface area contributed by atoms with E-state index in [1.165, 1.54) is 18.9 Å². The number of benzene rings is 1. The summed E-state index contributed by atoms with van der Waals surface area (Å²) in [5.74, 6) is 0.468. The van der Waals surface area contributed by atoms with Gasteiger partial charge in [-0.15, -0.1) is 0 Å². The zero-order valence-electron chi connectivity index (χ0n) is 11.2. The SMILES string of the molecule is N#Cc1ccc(NC(CN)C2CCCC2)c([N+](=O)[O-])c1. The van der Waals surface area contributed by atoms with Crippen LogP contribution in [0.15, 0.2) is 18.2 Å². The fraction of sp³-hybridized carbons (Fsp3) is 0.500. The first kappa shape index (κ1) is 14.3. The van der Waals surface area contributed by atoms with Crippen molar-refractivity contribution in [3.8, 4) is 6.07 Å². The summed E-state index contributed by atoms with van der Waals surface area (Å²) in [6.07, 6.45) is 4.61. The van der Waals surface area contributed by atoms with Crippen LogP contribution < -0.4 is 11.1 Å². The van der Waals surface area contributed by atoms with Crippen molar-refractivity contribution in [2.75, 3.05) is 11.9 Å². The molecule has 0 radical (unpaired) electrons. The minimum atomic E-state index is -0.467. The minimum absolute atomic E-state index is 0.0455. The molecule has 20 heavy (non-hydrogen) atoms. The van der Waals surface area contributed by atoms with Crippen molar-refractivity contribution >= 4 is 11.4 Å². The molecule has 2 rings (SSSR count). The number of hydrogen-bond donors (Lipinski definition) is 2. The molecule has 1 unspecified atom stereocenters. The second-order valence-corrected chi connectivity index (χ2v) is 5.13. The van der Waals surface area contributed by atoms with Gasteiger partial charge in [0, 0.05) is 18.7 Å². The Bertz CT molecular complexity index is 532. The molecule has 3 N–H and O–H groups in total. The van der Waals surface area contributed by atoms with Gasteiger partial charge in [-0.1, -0.05) is 12.8 Å². The number of nitrogens with zero attached hydrogens (tertiary/aromatic N) is 2. The third-order valence-corrected chi connectivity index (χ3v) is 3.89. The number of nitriles is 1. The van der Waals surface area contributed by atoms with Crippen LogP contribution in [0, 0.1) is 27.4 Å². The predicted octanol–water partition coefficient (Wildman–Crippen LogP) is 2.40. The van der Waals surface area contributed by atoms with E-state index in [4.69, 9.17) is 11.0 Å². The van der Waals surface area contributed by atoms with E-state index in [1.807, 2.05) is 6.07 Å². The summed E-state index contributed by atoms with van der Waals surface area (Å²) < 4.78 is 0. The highest BCUT2D eigenvalue weighted by Crippen LogP contribution is 2.32. The monoisotopic (exact) mass is 274 g/mol. The topological polar surface area (TPSA) is 105 Å². The molecule has 0 aromatic heterocycles. The van der Waals surface area contributed by atoms with Gasteiger partial charge in [-0.05, 0) is 30.9 Å². The summed E-state index contributed by atoms with van der Waals surface area (Å²) in [4.78, 5) is 10.6. The Kier molecular flexibility index (Phi) is 4.53. The molecule has 6 heteroatoms. The normalized spacial score (nSPS) is 16.6. The first-order valence-corrected chi connectivity index (χ1v) is 6.81. The lowest BCUT2D eigenvalue weighted by molar-refractivity contribution is -0.384. The predicted molar refractivity (Wildman–Crippen MR) is 76.2 cm³/mol. The standard InChI is InChI=1S/C14H18N4O2/c15-8-10-5-6-12(14(7-10)18(19)20)17-13(9-16)11-3-1-2-4-11/h5-7,11,13,17H,1-4,9,16H2. The minimum Gasteiger partial charge on any atom is -0.375 e. The van der Waals surface area contributed by atoms with E-state index >= 15 is 0 Å². The van der Waals surface area contributed by atoms with Gasteiger partial charge >= 0.3 is 0 Å². The van der Waals surface area contributed by atoms with Gasteiger partial charge < -0.3 is 11.1 Å². The lowest BCUT2D eigenvalue weighted by Crippen LogP contribution is -2.35. The quantitative estimate of drug-likeness (QED) is 0.633. The average Bonchev–Trinajstić information content (AvgIpc) is 2.98. The zero-order valence-corrected chi connectivity index (χ0v) is 11.2. The maximum absolute atomic E-state index is 11.1. The highest BCUT2D eigenvalue weighted by Gasteiger charge is 2.26. The lowest BCUT2D eigenvalue weighted by Gasteiger charge is -2.24. The molecule has 1 saturated carbocycles. The van der Waals surface area contributed by atoms with Crippen LogP contribution in [-0.2, 0) is 0 Å². The summed E-state index contributed by atoms with van der Waals surface area (Å²) in [7, 11) is 0. The van der Waals surface area contributed by atoms with E-state index in [-0.39, 0.29) is 17.3 Å². The molecule has 0 aliphatic heterocycles. The van der Waals surface area contributed by atoms with E-state index in [0.29, 0.717) is 18.2 Å². The summed E-state index contributed by atoms with van der Waals surface area (Å²) in [6, 6.07) is 6.43. The van der Waals surface area contributed by atoms with Crippen LogP contribution in [0.2, 0.25) is 0 Å². The number of nitrogens with two attached hydrogens (primary N) is 1. The second-order valence-electron chi connectivity index (χ2n) is 5.13. The summed E-state index contributed by atoms with van der Waals surface area (Å²) in [6.45, 7) is 0.446. The smallest absolute Gasteiger partial charge is 0.293 e. The Hall–Kier alpha value is -2.13. The van der Waals surface area contributed by atoms with Crippen molar-refractivity contribution in [3.05, 3.63) is 33.9 Å². The molecular formula is C14H18N4O2. The van der Waals surface area contributed by atoms with E-state index in [2.05, 4.69) is 5.32 Å². The van der Waals surface area contributed by atoms with Crippen LogP contribution in [0.3, 0.4) is 0 Å². The molecule has 0 spiro atoms. The maximum atomic E-state index is 11.1. The number of hydrogen-bond acceptors (Lipinski definition) is 5. The van der Waals surface area contributed by atoms with Crippen LogP contribution >= 0.6 is 0 Å². The Morgan fingerprint density at radius 1 is 1.50 bits per heavy atom. The van der Waals surface area contributed by atoms with Crippen molar-refractivity contribution in [3.63, 3.8) is 0 Å². The molecule has 0 heterocycles. The number of nitrogens with one attached hydrogen (secondary N) is 1. The lowest BCUT2D eigenvalue weighted by atomic mass is 9.97. The van der Waals surface area contributed by atoms with Crippen molar-refractivity contribution in [1.29, 1.82) is 5.26 Å². The van der Waals surface area contributed by atoms with Gasteiger partial charge in [0.15, 0.2) is 0 Å². The number of nitro benzene ring substituents is 1. The Balaban J connectivity index is 2.23. The van der Waals surface area contributed by atoms with Crippen molar-refractivity contribution in [2.24, 2.45) is 11.7 Å². The summed E-state index contributed by atoms with van der Waals surface area (Å²) >= 11 is 0. The molecule has 0 saturated heterocycles. The number of nitro groups is 1. The highest BCUT2D eigenvalue weighted by atomic mass is 16.6. The molecule has 6 nitrogen and oxygen atoms in total. The number of anilines is 1. The summed E-state index contributed by atoms with van der Waals surface area (Å²) in [5.41, 5.74) is 6.45. The second kappa shape index (κ2) is 6.35. The molecule has 1 aliphatic rings. The molecule has 1 fully saturated rings. The fourth-order valence-electron chi connectivity index (χ4n) is 2.80. The summed E-state index contributed by atoms with van der Waals surface area (Å²) in [5, 5.41) is 23.1. The van der Waals surface area contributed by atoms with Gasteiger partial charge in [-0.3, -0.25) is 10.1 Å². The average molecular weight is 274 g/mol. The fourth-order valence-corrected chi connectivity index (χ4v) is 2.80. The molecule has 0 amide bonds. The van der Waals surface area contributed by atoms with Crippen LogP contribution in [0.25, 0.3) is 0 Å². The molecule has 1 aromatic carbocycles. The van der Waals surface area contributed by atoms with Crippen molar-refractivity contribution in [1.82, 2.24) is 0 Å². The van der Waals surface area contributed by atoms with E-state index < -0.39 is 4.92 Å². The van der Waals surface area contributed by atoms with Gasteiger partial charge in [0.25, 0.3) is 5.69 Å². The van der Waals surface area contributed by atoms with E-state index in [9.17, 15) is 10.1 Å². The van der Waals surface area contributed by atoms with Crippen molar-refractivity contribution in [2.45, 2.75) is 31.7 Å². The first-order chi connectivity index (χ1) is 9.65. The third-order valence-electron chi connectivity index (χ3n) is 3.89. The molecular weight excluding hydrogens is 256 g/mol. The van der Waals surface area contributed by atoms with E-state index in [1.54, 1.807) is 12.1 Å². The first-order valence-electron chi connectivity index (χ1n) is 6.81. The van der Waals surface area contributed by atoms with Gasteiger partial charge in [-0.2, -0.15) is 5.26 Å². The highest BCUT2D eigenvalue weighted by molar-refractivity contribution is 5.64. The van der Waals surface area contributed by atoms with Gasteiger partial charge in [0.05, 0.1) is 16.6 Å². The van der Waals surface area contributed by atoms with Crippen LogP contribution in [0.4, 0.5) is 11.4 Å². The van der Waals surface area contributed by atoms with Crippen LogP contribution in [0.1, 0.15) is 31.2 Å². The van der Waals surface area contributed by atoms with Gasteiger partial charge in [0.1, 0.15) is 5.69 Å². The molecule has 0 bridgehead atoms. The maximum Gasteiger partial charge on any atom is 0.293 e. The zero-order chi connectivity index (χ0) is 14.5. The molecule has 1 aromatic rings. The Morgan fingerprint density at radius 2 is 2.20 bits per heavy atom. The van der Waals surface area contributed by atoms with Crippen molar-refractivity contribution < 1.29 is 4.92 Å². The van der Waals surface area contributed by atoms with E-state index in [0.717, 1.165) is 12.8 Å². The van der Waals surface area contributed by atoms with Crippen LogP contribution in [0.5, 0.6) is 0 Å². The van der Waals surface area contributed by atoms with Gasteiger partial charge in [-0.25, -0.2) is 0 Å². The Morgan fingerprint density at radius 3 is 2.75 bits per heavy atom. The largest absolute Gasteiger partial charge is 0.375 e. The molecule has 106 valence electrons.